The van der Waals surface area contributed by atoms with Crippen LogP contribution in [0, 0.1) is 13.8 Å². The zero-order chi connectivity index (χ0) is 21.2. The van der Waals surface area contributed by atoms with Crippen LogP contribution >= 0.6 is 11.6 Å². The smallest absolute Gasteiger partial charge is 0.261 e. The van der Waals surface area contributed by atoms with Gasteiger partial charge in [-0.15, -0.1) is 0 Å². The molecule has 0 aliphatic rings. The van der Waals surface area contributed by atoms with E-state index in [-0.39, 0.29) is 21.3 Å². The molecule has 7 nitrogen and oxygen atoms in total. The summed E-state index contributed by atoms with van der Waals surface area (Å²) in [4.78, 5) is 21.2. The van der Waals surface area contributed by atoms with Gasteiger partial charge in [0.25, 0.3) is 10.0 Å². The number of aryl methyl sites for hydroxylation is 2. The minimum absolute atomic E-state index is 0.00329. The Morgan fingerprint density at radius 3 is 2.48 bits per heavy atom. The molecule has 3 rings (SSSR count). The van der Waals surface area contributed by atoms with Crippen LogP contribution in [0.3, 0.4) is 0 Å². The van der Waals surface area contributed by atoms with Crippen molar-refractivity contribution in [2.24, 2.45) is 0 Å². The summed E-state index contributed by atoms with van der Waals surface area (Å²) in [6.07, 6.45) is 2.77. The number of pyridine rings is 2. The highest BCUT2D eigenvalue weighted by Gasteiger charge is 2.22. The lowest BCUT2D eigenvalue weighted by Crippen LogP contribution is -2.17. The molecule has 2 heterocycles. The Bertz CT molecular complexity index is 1200. The summed E-state index contributed by atoms with van der Waals surface area (Å²) in [5.41, 5.74) is 2.07. The maximum Gasteiger partial charge on any atom is 0.261 e. The highest BCUT2D eigenvalue weighted by atomic mass is 35.5. The fourth-order valence-corrected chi connectivity index (χ4v) is 3.93. The van der Waals surface area contributed by atoms with E-state index in [1.807, 2.05) is 13.8 Å². The molecule has 0 saturated carbocycles. The van der Waals surface area contributed by atoms with Gasteiger partial charge in [0, 0.05) is 25.0 Å². The predicted molar refractivity (Wildman–Crippen MR) is 113 cm³/mol. The van der Waals surface area contributed by atoms with Crippen molar-refractivity contribution in [3.05, 3.63) is 76.2 Å². The van der Waals surface area contributed by atoms with Gasteiger partial charge in [-0.25, -0.2) is 18.4 Å². The molecule has 0 aliphatic carbocycles. The summed E-state index contributed by atoms with van der Waals surface area (Å²) in [5, 5.41) is 3.05. The molecule has 2 N–H and O–H groups in total. The molecule has 29 heavy (non-hydrogen) atoms. The van der Waals surface area contributed by atoms with E-state index in [4.69, 9.17) is 11.6 Å². The molecule has 3 aromatic rings. The lowest BCUT2D eigenvalue weighted by molar-refractivity contribution is 0.103. The first kappa shape index (κ1) is 20.8. The number of hydrogen-bond acceptors (Lipinski definition) is 6. The fraction of sp³-hybridized carbons (Fsp3) is 0.150. The monoisotopic (exact) mass is 430 g/mol. The number of aromatic nitrogens is 2. The predicted octanol–water partition coefficient (Wildman–Crippen LogP) is 3.82. The van der Waals surface area contributed by atoms with Gasteiger partial charge in [-0.1, -0.05) is 17.7 Å². The maximum atomic E-state index is 13.0. The molecular formula is C20H19ClN4O3S. The third-order valence-electron chi connectivity index (χ3n) is 4.38. The van der Waals surface area contributed by atoms with Gasteiger partial charge in [0.15, 0.2) is 0 Å². The van der Waals surface area contributed by atoms with E-state index < -0.39 is 15.8 Å². The summed E-state index contributed by atoms with van der Waals surface area (Å²) in [6, 6.07) is 9.25. The standard InChI is InChI=1S/C20H19ClN4O3S/c1-12-4-5-16(8-13(12)2)29(27,28)25-17-10-15(21)11-24-19(17)20(26)14-6-7-23-18(9-14)22-3/h4-11,25H,1-3H3,(H,22,23). The summed E-state index contributed by atoms with van der Waals surface area (Å²) in [6.45, 7) is 3.72. The zero-order valence-electron chi connectivity index (χ0n) is 16.0. The molecule has 0 radical (unpaired) electrons. The van der Waals surface area contributed by atoms with Crippen molar-refractivity contribution >= 4 is 38.9 Å². The van der Waals surface area contributed by atoms with Gasteiger partial charge in [0.1, 0.15) is 11.5 Å². The van der Waals surface area contributed by atoms with Crippen LogP contribution in [-0.2, 0) is 10.0 Å². The van der Waals surface area contributed by atoms with Crippen LogP contribution in [0.15, 0.2) is 53.7 Å². The van der Waals surface area contributed by atoms with E-state index in [0.29, 0.717) is 11.4 Å². The zero-order valence-corrected chi connectivity index (χ0v) is 17.6. The molecule has 0 fully saturated rings. The molecule has 0 saturated heterocycles. The average molecular weight is 431 g/mol. The van der Waals surface area contributed by atoms with Gasteiger partial charge < -0.3 is 5.32 Å². The van der Waals surface area contributed by atoms with Crippen LogP contribution in [0.4, 0.5) is 11.5 Å². The first-order valence-electron chi connectivity index (χ1n) is 8.65. The minimum atomic E-state index is -3.95. The van der Waals surface area contributed by atoms with E-state index in [0.717, 1.165) is 11.1 Å². The third kappa shape index (κ3) is 4.55. The van der Waals surface area contributed by atoms with Gasteiger partial charge in [0.05, 0.1) is 15.6 Å². The summed E-state index contributed by atoms with van der Waals surface area (Å²) in [5.74, 6) is 0.0421. The van der Waals surface area contributed by atoms with Crippen molar-refractivity contribution in [3.63, 3.8) is 0 Å². The molecule has 9 heteroatoms. The van der Waals surface area contributed by atoms with Crippen LogP contribution in [-0.4, -0.2) is 31.2 Å². The molecule has 0 bridgehead atoms. The molecule has 0 atom stereocenters. The number of carbonyl (C=O) groups is 1. The number of halogens is 1. The molecule has 0 unspecified atom stereocenters. The first-order chi connectivity index (χ1) is 13.7. The number of hydrogen-bond donors (Lipinski definition) is 2. The van der Waals surface area contributed by atoms with Crippen LogP contribution in [0.25, 0.3) is 0 Å². The van der Waals surface area contributed by atoms with Crippen molar-refractivity contribution in [3.8, 4) is 0 Å². The normalized spacial score (nSPS) is 11.2. The van der Waals surface area contributed by atoms with E-state index in [2.05, 4.69) is 20.0 Å². The number of rotatable bonds is 6. The minimum Gasteiger partial charge on any atom is -0.373 e. The Balaban J connectivity index is 2.02. The largest absolute Gasteiger partial charge is 0.373 e. The number of nitrogens with zero attached hydrogens (tertiary/aromatic N) is 2. The second-order valence-electron chi connectivity index (χ2n) is 6.41. The Morgan fingerprint density at radius 2 is 1.79 bits per heavy atom. The first-order valence-corrected chi connectivity index (χ1v) is 10.5. The third-order valence-corrected chi connectivity index (χ3v) is 5.95. The highest BCUT2D eigenvalue weighted by molar-refractivity contribution is 7.92. The number of benzene rings is 1. The van der Waals surface area contributed by atoms with Gasteiger partial charge in [0.2, 0.25) is 5.78 Å². The lowest BCUT2D eigenvalue weighted by atomic mass is 10.1. The van der Waals surface area contributed by atoms with E-state index in [1.165, 1.54) is 30.6 Å². The number of nitrogens with one attached hydrogen (secondary N) is 2. The molecule has 0 aliphatic heterocycles. The lowest BCUT2D eigenvalue weighted by Gasteiger charge is -2.13. The molecule has 0 spiro atoms. The van der Waals surface area contributed by atoms with Gasteiger partial charge in [-0.3, -0.25) is 9.52 Å². The molecule has 150 valence electrons. The summed E-state index contributed by atoms with van der Waals surface area (Å²) in [7, 11) is -2.27. The average Bonchev–Trinajstić information content (AvgIpc) is 2.69. The number of sulfonamides is 1. The molecule has 2 aromatic heterocycles. The van der Waals surface area contributed by atoms with Crippen LogP contribution in [0.5, 0.6) is 0 Å². The molecular weight excluding hydrogens is 412 g/mol. The van der Waals surface area contributed by atoms with Crippen LogP contribution in [0.1, 0.15) is 27.2 Å². The highest BCUT2D eigenvalue weighted by Crippen LogP contribution is 2.25. The van der Waals surface area contributed by atoms with E-state index >= 15 is 0 Å². The molecule has 0 amide bonds. The van der Waals surface area contributed by atoms with Gasteiger partial charge in [-0.05, 0) is 55.3 Å². The van der Waals surface area contributed by atoms with Crippen LogP contribution in [0.2, 0.25) is 5.02 Å². The fourth-order valence-electron chi connectivity index (χ4n) is 2.63. The Labute approximate surface area is 174 Å². The van der Waals surface area contributed by atoms with E-state index in [1.54, 1.807) is 25.2 Å². The summed E-state index contributed by atoms with van der Waals surface area (Å²) >= 11 is 6.01. The number of ketones is 1. The second kappa shape index (κ2) is 8.18. The van der Waals surface area contributed by atoms with Crippen molar-refractivity contribution in [2.45, 2.75) is 18.7 Å². The van der Waals surface area contributed by atoms with Gasteiger partial charge in [-0.2, -0.15) is 0 Å². The quantitative estimate of drug-likeness (QED) is 0.576. The second-order valence-corrected chi connectivity index (χ2v) is 8.53. The number of carbonyl (C=O) groups excluding carboxylic acids is 1. The van der Waals surface area contributed by atoms with Crippen molar-refractivity contribution in [2.75, 3.05) is 17.1 Å². The number of anilines is 2. The molecule has 1 aromatic carbocycles. The topological polar surface area (TPSA) is 101 Å². The van der Waals surface area contributed by atoms with Gasteiger partial charge >= 0.3 is 0 Å². The van der Waals surface area contributed by atoms with Crippen LogP contribution < -0.4 is 10.0 Å². The van der Waals surface area contributed by atoms with Crippen molar-refractivity contribution < 1.29 is 13.2 Å². The Morgan fingerprint density at radius 1 is 1.03 bits per heavy atom. The Kier molecular flexibility index (Phi) is 5.86. The van der Waals surface area contributed by atoms with Crippen molar-refractivity contribution in [1.82, 2.24) is 9.97 Å². The summed E-state index contributed by atoms with van der Waals surface area (Å²) < 4.78 is 28.2. The Hall–Kier alpha value is -2.97. The maximum absolute atomic E-state index is 13.0. The SMILES string of the molecule is CNc1cc(C(=O)c2ncc(Cl)cc2NS(=O)(=O)c2ccc(C)c(C)c2)ccn1. The van der Waals surface area contributed by atoms with Crippen molar-refractivity contribution in [1.29, 1.82) is 0 Å². The van der Waals surface area contributed by atoms with E-state index in [9.17, 15) is 13.2 Å².